The van der Waals surface area contributed by atoms with Crippen LogP contribution in [0.15, 0.2) is 21.9 Å². The Morgan fingerprint density at radius 3 is 2.95 bits per heavy atom. The second-order valence-corrected chi connectivity index (χ2v) is 5.12. The number of nitrogens with one attached hydrogen (secondary N) is 1. The van der Waals surface area contributed by atoms with E-state index >= 15 is 0 Å². The van der Waals surface area contributed by atoms with E-state index in [0.29, 0.717) is 13.0 Å². The number of aromatic nitrogens is 2. The minimum atomic E-state index is -0.629. The normalized spacial score (nSPS) is 27.6. The molecular weight excluding hydrogens is 262 g/mol. The smallest absolute Gasteiger partial charge is 0.330 e. The molecule has 0 bridgehead atoms. The van der Waals surface area contributed by atoms with E-state index in [9.17, 15) is 14.7 Å². The summed E-state index contributed by atoms with van der Waals surface area (Å²) in [4.78, 5) is 25.0. The molecule has 1 fully saturated rings. The van der Waals surface area contributed by atoms with Gasteiger partial charge in [0.05, 0.1) is 12.2 Å². The Bertz CT molecular complexity index is 553. The van der Waals surface area contributed by atoms with Crippen LogP contribution in [-0.2, 0) is 4.74 Å². The summed E-state index contributed by atoms with van der Waals surface area (Å²) in [5.74, 6) is 0.165. The third kappa shape index (κ3) is 3.00. The van der Waals surface area contributed by atoms with Crippen LogP contribution in [0, 0.1) is 5.92 Å². The first kappa shape index (κ1) is 15.0. The van der Waals surface area contributed by atoms with Crippen LogP contribution < -0.4 is 17.0 Å². The summed E-state index contributed by atoms with van der Waals surface area (Å²) in [6, 6.07) is 1.27. The second kappa shape index (κ2) is 6.34. The zero-order chi connectivity index (χ0) is 14.7. The van der Waals surface area contributed by atoms with Crippen molar-refractivity contribution in [2.24, 2.45) is 11.7 Å². The number of H-pyrrole nitrogens is 1. The van der Waals surface area contributed by atoms with Crippen LogP contribution in [0.3, 0.4) is 0 Å². The molecular formula is C13H21N3O4. The van der Waals surface area contributed by atoms with Crippen molar-refractivity contribution in [2.75, 3.05) is 6.54 Å². The molecule has 1 unspecified atom stereocenters. The van der Waals surface area contributed by atoms with Crippen LogP contribution in [0.5, 0.6) is 0 Å². The summed E-state index contributed by atoms with van der Waals surface area (Å²) in [6.45, 7) is 2.56. The SMILES string of the molecule is CCC(CCN)[C@H]1O[C@@H](n2ccc(=O)[nH]c2=O)C[C@@H]1O. The van der Waals surface area contributed by atoms with E-state index in [1.54, 1.807) is 0 Å². The third-order valence-corrected chi connectivity index (χ3v) is 3.82. The molecule has 0 saturated carbocycles. The average molecular weight is 283 g/mol. The first-order valence-electron chi connectivity index (χ1n) is 6.91. The zero-order valence-corrected chi connectivity index (χ0v) is 11.5. The van der Waals surface area contributed by atoms with Gasteiger partial charge < -0.3 is 15.6 Å². The number of ether oxygens (including phenoxy) is 1. The van der Waals surface area contributed by atoms with Crippen molar-refractivity contribution >= 4 is 0 Å². The van der Waals surface area contributed by atoms with Crippen molar-refractivity contribution in [2.45, 2.75) is 44.6 Å². The Kier molecular flexibility index (Phi) is 4.74. The molecule has 1 aromatic rings. The Balaban J connectivity index is 2.17. The molecule has 20 heavy (non-hydrogen) atoms. The fourth-order valence-electron chi connectivity index (χ4n) is 2.74. The van der Waals surface area contributed by atoms with Crippen LogP contribution in [0.2, 0.25) is 0 Å². The zero-order valence-electron chi connectivity index (χ0n) is 11.5. The highest BCUT2D eigenvalue weighted by Crippen LogP contribution is 2.33. The van der Waals surface area contributed by atoms with Gasteiger partial charge in [0.1, 0.15) is 6.23 Å². The molecule has 7 heteroatoms. The first-order chi connectivity index (χ1) is 9.56. The predicted molar refractivity (Wildman–Crippen MR) is 73.3 cm³/mol. The molecule has 4 atom stereocenters. The van der Waals surface area contributed by atoms with E-state index < -0.39 is 23.6 Å². The van der Waals surface area contributed by atoms with Gasteiger partial charge in [-0.15, -0.1) is 0 Å². The first-order valence-corrected chi connectivity index (χ1v) is 6.91. The minimum Gasteiger partial charge on any atom is -0.390 e. The molecule has 0 radical (unpaired) electrons. The summed E-state index contributed by atoms with van der Waals surface area (Å²) >= 11 is 0. The third-order valence-electron chi connectivity index (χ3n) is 3.82. The van der Waals surface area contributed by atoms with Crippen molar-refractivity contribution < 1.29 is 9.84 Å². The number of hydrogen-bond acceptors (Lipinski definition) is 5. The lowest BCUT2D eigenvalue weighted by Gasteiger charge is -2.24. The Morgan fingerprint density at radius 2 is 2.35 bits per heavy atom. The number of rotatable bonds is 5. The van der Waals surface area contributed by atoms with Crippen LogP contribution in [-0.4, -0.2) is 33.4 Å². The van der Waals surface area contributed by atoms with Crippen molar-refractivity contribution in [3.8, 4) is 0 Å². The number of nitrogens with two attached hydrogens (primary N) is 1. The number of aromatic amines is 1. The van der Waals surface area contributed by atoms with E-state index in [-0.39, 0.29) is 12.0 Å². The second-order valence-electron chi connectivity index (χ2n) is 5.12. The van der Waals surface area contributed by atoms with Gasteiger partial charge in [0.2, 0.25) is 0 Å². The maximum absolute atomic E-state index is 11.7. The molecule has 0 amide bonds. The molecule has 7 nitrogen and oxygen atoms in total. The fourth-order valence-corrected chi connectivity index (χ4v) is 2.74. The van der Waals surface area contributed by atoms with Gasteiger partial charge in [-0.1, -0.05) is 13.3 Å². The van der Waals surface area contributed by atoms with Gasteiger partial charge >= 0.3 is 5.69 Å². The maximum atomic E-state index is 11.7. The van der Waals surface area contributed by atoms with E-state index in [4.69, 9.17) is 10.5 Å². The highest BCUT2D eigenvalue weighted by Gasteiger charge is 2.39. The average Bonchev–Trinajstić information content (AvgIpc) is 2.77. The molecule has 2 heterocycles. The Morgan fingerprint density at radius 1 is 1.60 bits per heavy atom. The standard InChI is InChI=1S/C13H21N3O4/c1-2-8(3-5-14)12-9(17)7-11(20-12)16-6-4-10(18)15-13(16)19/h4,6,8-9,11-12,17H,2-3,5,7,14H2,1H3,(H,15,18,19)/t8?,9-,11+,12+/m0/s1. The van der Waals surface area contributed by atoms with Crippen molar-refractivity contribution in [3.05, 3.63) is 33.1 Å². The van der Waals surface area contributed by atoms with Gasteiger partial charge in [-0.2, -0.15) is 0 Å². The van der Waals surface area contributed by atoms with Crippen LogP contribution in [0.1, 0.15) is 32.4 Å². The summed E-state index contributed by atoms with van der Waals surface area (Å²) in [5, 5.41) is 10.1. The van der Waals surface area contributed by atoms with Gasteiger partial charge in [-0.3, -0.25) is 14.3 Å². The monoisotopic (exact) mass is 283 g/mol. The van der Waals surface area contributed by atoms with Crippen molar-refractivity contribution in [1.82, 2.24) is 9.55 Å². The molecule has 0 aromatic carbocycles. The van der Waals surface area contributed by atoms with Crippen LogP contribution >= 0.6 is 0 Å². The number of nitrogens with zero attached hydrogens (tertiary/aromatic N) is 1. The summed E-state index contributed by atoms with van der Waals surface area (Å²) in [7, 11) is 0. The number of hydrogen-bond donors (Lipinski definition) is 3. The van der Waals surface area contributed by atoms with E-state index in [0.717, 1.165) is 12.8 Å². The topological polar surface area (TPSA) is 110 Å². The molecule has 2 rings (SSSR count). The lowest BCUT2D eigenvalue weighted by Crippen LogP contribution is -2.33. The molecule has 4 N–H and O–H groups in total. The Hall–Kier alpha value is -1.44. The van der Waals surface area contributed by atoms with Crippen LogP contribution in [0.4, 0.5) is 0 Å². The molecule has 1 aliphatic heterocycles. The largest absolute Gasteiger partial charge is 0.390 e. The maximum Gasteiger partial charge on any atom is 0.330 e. The van der Waals surface area contributed by atoms with E-state index in [1.807, 2.05) is 6.92 Å². The van der Waals surface area contributed by atoms with Gasteiger partial charge in [-0.05, 0) is 18.9 Å². The lowest BCUT2D eigenvalue weighted by atomic mass is 9.92. The van der Waals surface area contributed by atoms with Gasteiger partial charge in [0.15, 0.2) is 0 Å². The summed E-state index contributed by atoms with van der Waals surface area (Å²) in [6.07, 6.45) is 1.84. The van der Waals surface area contributed by atoms with Crippen molar-refractivity contribution in [1.29, 1.82) is 0 Å². The van der Waals surface area contributed by atoms with Crippen molar-refractivity contribution in [3.63, 3.8) is 0 Å². The van der Waals surface area contributed by atoms with E-state index in [1.165, 1.54) is 16.8 Å². The highest BCUT2D eigenvalue weighted by atomic mass is 16.5. The van der Waals surface area contributed by atoms with Gasteiger partial charge in [0.25, 0.3) is 5.56 Å². The minimum absolute atomic E-state index is 0.165. The fraction of sp³-hybridized carbons (Fsp3) is 0.692. The highest BCUT2D eigenvalue weighted by molar-refractivity contribution is 4.90. The Labute approximate surface area is 116 Å². The lowest BCUT2D eigenvalue weighted by molar-refractivity contribution is -0.0527. The molecule has 0 spiro atoms. The van der Waals surface area contributed by atoms with Crippen LogP contribution in [0.25, 0.3) is 0 Å². The molecule has 112 valence electrons. The van der Waals surface area contributed by atoms with E-state index in [2.05, 4.69) is 4.98 Å². The number of aliphatic hydroxyl groups is 1. The molecule has 1 aromatic heterocycles. The summed E-state index contributed by atoms with van der Waals surface area (Å²) < 4.78 is 7.13. The predicted octanol–water partition coefficient (Wildman–Crippen LogP) is -0.440. The molecule has 1 aliphatic rings. The quantitative estimate of drug-likeness (QED) is 0.678. The molecule has 0 aliphatic carbocycles. The summed E-state index contributed by atoms with van der Waals surface area (Å²) in [5.41, 5.74) is 4.60. The number of aliphatic hydroxyl groups excluding tert-OH is 1. The van der Waals surface area contributed by atoms with Gasteiger partial charge in [0, 0.05) is 18.7 Å². The molecule has 1 saturated heterocycles. The van der Waals surface area contributed by atoms with Gasteiger partial charge in [-0.25, -0.2) is 4.79 Å².